The molecule has 3 N–H and O–H groups in total. The van der Waals surface area contributed by atoms with E-state index in [9.17, 15) is 14.9 Å². The third-order valence-electron chi connectivity index (χ3n) is 2.03. The normalized spacial score (nSPS) is 9.76. The summed E-state index contributed by atoms with van der Waals surface area (Å²) in [5.41, 5.74) is 5.44. The molecular formula is C10H13N3O4. The summed E-state index contributed by atoms with van der Waals surface area (Å²) in [6.07, 6.45) is 0.348. The molecule has 1 aromatic rings. The van der Waals surface area contributed by atoms with Gasteiger partial charge in [0.05, 0.1) is 4.92 Å². The van der Waals surface area contributed by atoms with E-state index in [0.717, 1.165) is 0 Å². The van der Waals surface area contributed by atoms with Gasteiger partial charge in [-0.1, -0.05) is 6.07 Å². The fourth-order valence-corrected chi connectivity index (χ4v) is 1.27. The van der Waals surface area contributed by atoms with Crippen molar-refractivity contribution in [3.63, 3.8) is 0 Å². The zero-order valence-corrected chi connectivity index (χ0v) is 9.27. The van der Waals surface area contributed by atoms with Crippen LogP contribution in [0.15, 0.2) is 18.2 Å². The highest BCUT2D eigenvalue weighted by molar-refractivity contribution is 5.75. The average Bonchev–Trinajstić information content (AvgIpc) is 2.27. The van der Waals surface area contributed by atoms with Gasteiger partial charge in [-0.2, -0.15) is 0 Å². The number of rotatable bonds is 5. The lowest BCUT2D eigenvalue weighted by molar-refractivity contribution is -0.384. The third kappa shape index (κ3) is 3.72. The maximum atomic E-state index is 10.8. The lowest BCUT2D eigenvalue weighted by Crippen LogP contribution is -2.26. The van der Waals surface area contributed by atoms with E-state index in [-0.39, 0.29) is 23.9 Å². The first kappa shape index (κ1) is 12.9. The molecule has 7 nitrogen and oxygen atoms in total. The van der Waals surface area contributed by atoms with Crippen LogP contribution in [0.1, 0.15) is 12.5 Å². The Bertz CT molecular complexity index is 434. The summed E-state index contributed by atoms with van der Waals surface area (Å²) < 4.78 is 0. The Labute approximate surface area is 97.6 Å². The zero-order valence-electron chi connectivity index (χ0n) is 9.27. The molecule has 0 aliphatic heterocycles. The van der Waals surface area contributed by atoms with Crippen molar-refractivity contribution >= 4 is 17.3 Å². The van der Waals surface area contributed by atoms with Crippen molar-refractivity contribution in [2.24, 2.45) is 0 Å². The molecule has 0 radical (unpaired) electrons. The molecule has 1 aromatic carbocycles. The second-order valence-electron chi connectivity index (χ2n) is 3.39. The molecule has 0 aliphatic carbocycles. The summed E-state index contributed by atoms with van der Waals surface area (Å²) in [7, 11) is 0. The molecule has 0 unspecified atom stereocenters. The number of hydrogen-bond donors (Lipinski definition) is 3. The molecule has 17 heavy (non-hydrogen) atoms. The number of amides is 1. The van der Waals surface area contributed by atoms with E-state index in [1.165, 1.54) is 19.1 Å². The van der Waals surface area contributed by atoms with E-state index in [2.05, 4.69) is 10.9 Å². The Morgan fingerprint density at radius 2 is 2.24 bits per heavy atom. The molecule has 1 rings (SSSR count). The van der Waals surface area contributed by atoms with E-state index in [0.29, 0.717) is 12.0 Å². The molecule has 0 aromatic heterocycles. The number of anilines is 1. The summed E-state index contributed by atoms with van der Waals surface area (Å²) in [5, 5.41) is 19.6. The number of nitro groups is 1. The molecule has 0 atom stereocenters. The molecular weight excluding hydrogens is 226 g/mol. The van der Waals surface area contributed by atoms with E-state index in [1.807, 2.05) is 0 Å². The van der Waals surface area contributed by atoms with Crippen LogP contribution < -0.4 is 10.9 Å². The molecule has 0 fully saturated rings. The van der Waals surface area contributed by atoms with Crippen LogP contribution in [0.5, 0.6) is 0 Å². The van der Waals surface area contributed by atoms with E-state index >= 15 is 0 Å². The van der Waals surface area contributed by atoms with Gasteiger partial charge in [0.25, 0.3) is 5.69 Å². The van der Waals surface area contributed by atoms with Gasteiger partial charge < -0.3 is 5.11 Å². The molecule has 0 aliphatic rings. The highest BCUT2D eigenvalue weighted by Crippen LogP contribution is 2.25. The molecule has 1 amide bonds. The lowest BCUT2D eigenvalue weighted by atomic mass is 10.1. The van der Waals surface area contributed by atoms with Crippen molar-refractivity contribution in [2.45, 2.75) is 13.3 Å². The van der Waals surface area contributed by atoms with E-state index in [1.54, 1.807) is 6.07 Å². The minimum atomic E-state index is -0.551. The minimum absolute atomic E-state index is 0.0738. The average molecular weight is 239 g/mol. The Morgan fingerprint density at radius 1 is 1.53 bits per heavy atom. The van der Waals surface area contributed by atoms with Crippen LogP contribution in [0.4, 0.5) is 11.4 Å². The lowest BCUT2D eigenvalue weighted by Gasteiger charge is -2.08. The largest absolute Gasteiger partial charge is 0.396 e. The van der Waals surface area contributed by atoms with Gasteiger partial charge in [-0.3, -0.25) is 25.8 Å². The Morgan fingerprint density at radius 3 is 2.76 bits per heavy atom. The van der Waals surface area contributed by atoms with Crippen LogP contribution >= 0.6 is 0 Å². The van der Waals surface area contributed by atoms with Crippen molar-refractivity contribution in [1.82, 2.24) is 5.43 Å². The smallest absolute Gasteiger partial charge is 0.294 e. The zero-order chi connectivity index (χ0) is 12.8. The second-order valence-corrected chi connectivity index (χ2v) is 3.39. The number of carbonyl (C=O) groups is 1. The predicted octanol–water partition coefficient (Wildman–Crippen LogP) is 0.593. The van der Waals surface area contributed by atoms with Gasteiger partial charge >= 0.3 is 0 Å². The van der Waals surface area contributed by atoms with Crippen molar-refractivity contribution in [3.05, 3.63) is 33.9 Å². The number of hydrogen-bond acceptors (Lipinski definition) is 5. The monoisotopic (exact) mass is 239 g/mol. The molecule has 0 saturated carbocycles. The van der Waals surface area contributed by atoms with Crippen LogP contribution in [0.25, 0.3) is 0 Å². The fourth-order valence-electron chi connectivity index (χ4n) is 1.27. The first-order valence-electron chi connectivity index (χ1n) is 4.95. The number of nitrogens with one attached hydrogen (secondary N) is 2. The fraction of sp³-hybridized carbons (Fsp3) is 0.300. The first-order valence-corrected chi connectivity index (χ1v) is 4.95. The van der Waals surface area contributed by atoms with Crippen LogP contribution in [0, 0.1) is 10.1 Å². The molecule has 92 valence electrons. The molecule has 7 heteroatoms. The van der Waals surface area contributed by atoms with Crippen LogP contribution in [0.3, 0.4) is 0 Å². The van der Waals surface area contributed by atoms with Gasteiger partial charge in [0, 0.05) is 19.6 Å². The highest BCUT2D eigenvalue weighted by Gasteiger charge is 2.14. The Kier molecular flexibility index (Phi) is 4.41. The van der Waals surface area contributed by atoms with Crippen molar-refractivity contribution < 1.29 is 14.8 Å². The summed E-state index contributed by atoms with van der Waals surface area (Å²) in [4.78, 5) is 21.0. The Balaban J connectivity index is 2.95. The highest BCUT2D eigenvalue weighted by atomic mass is 16.6. The standard InChI is InChI=1S/C10H13N3O4/c1-7(15)11-12-9-3-2-8(4-5-14)6-10(9)13(16)17/h2-3,6,12,14H,4-5H2,1H3,(H,11,15). The van der Waals surface area contributed by atoms with Crippen LogP contribution in [-0.4, -0.2) is 22.5 Å². The van der Waals surface area contributed by atoms with E-state index in [4.69, 9.17) is 5.11 Å². The first-order chi connectivity index (χ1) is 8.04. The SMILES string of the molecule is CC(=O)NNc1ccc(CCO)cc1[N+](=O)[O-]. The number of hydrazine groups is 1. The van der Waals surface area contributed by atoms with Crippen molar-refractivity contribution in [2.75, 3.05) is 12.0 Å². The summed E-state index contributed by atoms with van der Waals surface area (Å²) in [6, 6.07) is 4.49. The minimum Gasteiger partial charge on any atom is -0.396 e. The maximum absolute atomic E-state index is 10.8. The van der Waals surface area contributed by atoms with Crippen LogP contribution in [-0.2, 0) is 11.2 Å². The molecule has 0 heterocycles. The van der Waals surface area contributed by atoms with Gasteiger partial charge in [0.15, 0.2) is 0 Å². The predicted molar refractivity (Wildman–Crippen MR) is 61.3 cm³/mol. The van der Waals surface area contributed by atoms with Crippen molar-refractivity contribution in [1.29, 1.82) is 0 Å². The maximum Gasteiger partial charge on any atom is 0.294 e. The molecule has 0 spiro atoms. The van der Waals surface area contributed by atoms with E-state index < -0.39 is 4.92 Å². The number of nitrogens with zero attached hydrogens (tertiary/aromatic N) is 1. The number of carbonyl (C=O) groups excluding carboxylic acids is 1. The van der Waals surface area contributed by atoms with Gasteiger partial charge in [-0.15, -0.1) is 0 Å². The molecule has 0 saturated heterocycles. The van der Waals surface area contributed by atoms with Gasteiger partial charge in [0.1, 0.15) is 5.69 Å². The molecule has 0 bridgehead atoms. The summed E-state index contributed by atoms with van der Waals surface area (Å²) in [5.74, 6) is -0.348. The quantitative estimate of drug-likeness (QED) is 0.515. The summed E-state index contributed by atoms with van der Waals surface area (Å²) in [6.45, 7) is 1.22. The number of benzene rings is 1. The number of nitro benzene ring substituents is 1. The number of aliphatic hydroxyl groups excluding tert-OH is 1. The topological polar surface area (TPSA) is 104 Å². The summed E-state index contributed by atoms with van der Waals surface area (Å²) >= 11 is 0. The van der Waals surface area contributed by atoms with Gasteiger partial charge in [0.2, 0.25) is 5.91 Å². The van der Waals surface area contributed by atoms with Crippen molar-refractivity contribution in [3.8, 4) is 0 Å². The Hall–Kier alpha value is -2.15. The van der Waals surface area contributed by atoms with Gasteiger partial charge in [-0.25, -0.2) is 0 Å². The van der Waals surface area contributed by atoms with Crippen LogP contribution in [0.2, 0.25) is 0 Å². The second kappa shape index (κ2) is 5.80. The third-order valence-corrected chi connectivity index (χ3v) is 2.03. The van der Waals surface area contributed by atoms with Gasteiger partial charge in [-0.05, 0) is 18.1 Å². The number of aliphatic hydroxyl groups is 1.